The first kappa shape index (κ1) is 14.0. The lowest BCUT2D eigenvalue weighted by Gasteiger charge is -2.18. The molecule has 0 radical (unpaired) electrons. The maximum atomic E-state index is 14.1. The highest BCUT2D eigenvalue weighted by Crippen LogP contribution is 2.31. The maximum absolute atomic E-state index is 14.1. The molecular weight excluding hydrogens is 268 g/mol. The van der Waals surface area contributed by atoms with Gasteiger partial charge in [-0.2, -0.15) is 0 Å². The van der Waals surface area contributed by atoms with Crippen LogP contribution in [-0.4, -0.2) is 0 Å². The molecule has 19 heavy (non-hydrogen) atoms. The summed E-state index contributed by atoms with van der Waals surface area (Å²) in [6.07, 6.45) is 0. The maximum Gasteiger partial charge on any atom is 0.128 e. The predicted octanol–water partition coefficient (Wildman–Crippen LogP) is 4.28. The Morgan fingerprint density at radius 1 is 1.11 bits per heavy atom. The summed E-state index contributed by atoms with van der Waals surface area (Å²) in [4.78, 5) is 0. The molecule has 1 unspecified atom stereocenters. The summed E-state index contributed by atoms with van der Waals surface area (Å²) in [6.45, 7) is 3.61. The van der Waals surface area contributed by atoms with E-state index in [4.69, 9.17) is 17.3 Å². The van der Waals surface area contributed by atoms with E-state index in [0.29, 0.717) is 11.1 Å². The number of rotatable bonds is 2. The fraction of sp³-hybridized carbons (Fsp3) is 0.200. The van der Waals surface area contributed by atoms with Crippen LogP contribution in [0, 0.1) is 25.5 Å². The predicted molar refractivity (Wildman–Crippen MR) is 73.3 cm³/mol. The molecule has 1 nitrogen and oxygen atoms in total. The highest BCUT2D eigenvalue weighted by molar-refractivity contribution is 6.31. The number of hydrogen-bond acceptors (Lipinski definition) is 1. The lowest BCUT2D eigenvalue weighted by molar-refractivity contribution is 0.595. The monoisotopic (exact) mass is 281 g/mol. The fourth-order valence-corrected chi connectivity index (χ4v) is 2.51. The Morgan fingerprint density at radius 3 is 2.37 bits per heavy atom. The largest absolute Gasteiger partial charge is 0.320 e. The Morgan fingerprint density at radius 2 is 1.79 bits per heavy atom. The normalized spacial score (nSPS) is 12.5. The minimum absolute atomic E-state index is 0.201. The van der Waals surface area contributed by atoms with E-state index in [1.54, 1.807) is 6.92 Å². The van der Waals surface area contributed by atoms with Crippen molar-refractivity contribution < 1.29 is 8.78 Å². The molecule has 0 aromatic heterocycles. The third-order valence-corrected chi connectivity index (χ3v) is 3.42. The van der Waals surface area contributed by atoms with E-state index in [1.807, 2.05) is 13.0 Å². The summed E-state index contributed by atoms with van der Waals surface area (Å²) in [5, 5.41) is 0.201. The van der Waals surface area contributed by atoms with E-state index in [1.165, 1.54) is 24.3 Å². The topological polar surface area (TPSA) is 26.0 Å². The number of benzene rings is 2. The van der Waals surface area contributed by atoms with Gasteiger partial charge in [-0.1, -0.05) is 23.7 Å². The third-order valence-electron chi connectivity index (χ3n) is 3.09. The molecule has 4 heteroatoms. The van der Waals surface area contributed by atoms with E-state index in [2.05, 4.69) is 0 Å². The average molecular weight is 282 g/mol. The van der Waals surface area contributed by atoms with Crippen LogP contribution in [0.15, 0.2) is 30.3 Å². The lowest BCUT2D eigenvalue weighted by atomic mass is 9.94. The van der Waals surface area contributed by atoms with E-state index in [-0.39, 0.29) is 10.8 Å². The van der Waals surface area contributed by atoms with Crippen molar-refractivity contribution in [3.63, 3.8) is 0 Å². The Hall–Kier alpha value is -1.45. The van der Waals surface area contributed by atoms with Crippen molar-refractivity contribution in [3.05, 3.63) is 69.2 Å². The molecule has 2 aromatic rings. The molecule has 2 N–H and O–H groups in total. The average Bonchev–Trinajstić information content (AvgIpc) is 2.26. The second-order valence-electron chi connectivity index (χ2n) is 4.62. The molecule has 2 rings (SSSR count). The van der Waals surface area contributed by atoms with E-state index in [0.717, 1.165) is 11.1 Å². The second kappa shape index (κ2) is 5.27. The minimum Gasteiger partial charge on any atom is -0.320 e. The smallest absolute Gasteiger partial charge is 0.128 e. The van der Waals surface area contributed by atoms with Crippen LogP contribution in [0.5, 0.6) is 0 Å². The van der Waals surface area contributed by atoms with E-state index in [9.17, 15) is 8.78 Å². The standard InChI is InChI=1S/C15H14ClF2N/c1-8-5-9(2)14(13(18)6-8)15(19)11-4-3-10(17)7-12(11)16/h3-7,15H,19H2,1-2H3. The van der Waals surface area contributed by atoms with Crippen LogP contribution in [0.1, 0.15) is 28.3 Å². The Bertz CT molecular complexity index is 603. The molecule has 1 atom stereocenters. The quantitative estimate of drug-likeness (QED) is 0.873. The molecule has 0 fully saturated rings. The summed E-state index contributed by atoms with van der Waals surface area (Å²) in [5.74, 6) is -0.813. The van der Waals surface area contributed by atoms with E-state index < -0.39 is 11.9 Å². The van der Waals surface area contributed by atoms with Crippen molar-refractivity contribution in [1.82, 2.24) is 0 Å². The van der Waals surface area contributed by atoms with Crippen LogP contribution in [0.3, 0.4) is 0 Å². The highest BCUT2D eigenvalue weighted by atomic mass is 35.5. The van der Waals surface area contributed by atoms with Gasteiger partial charge in [-0.05, 0) is 48.7 Å². The van der Waals surface area contributed by atoms with E-state index >= 15 is 0 Å². The van der Waals surface area contributed by atoms with Gasteiger partial charge in [0.15, 0.2) is 0 Å². The van der Waals surface area contributed by atoms with Gasteiger partial charge in [0.25, 0.3) is 0 Å². The van der Waals surface area contributed by atoms with Gasteiger partial charge in [-0.15, -0.1) is 0 Å². The van der Waals surface area contributed by atoms with Gasteiger partial charge < -0.3 is 5.73 Å². The molecule has 0 saturated heterocycles. The molecular formula is C15H14ClF2N. The zero-order valence-corrected chi connectivity index (χ0v) is 11.4. The van der Waals surface area contributed by atoms with Gasteiger partial charge >= 0.3 is 0 Å². The van der Waals surface area contributed by atoms with Gasteiger partial charge in [0, 0.05) is 10.6 Å². The molecule has 0 spiro atoms. The van der Waals surface area contributed by atoms with Crippen LogP contribution in [0.4, 0.5) is 8.78 Å². The first-order valence-corrected chi connectivity index (χ1v) is 6.25. The van der Waals surface area contributed by atoms with Crippen LogP contribution >= 0.6 is 11.6 Å². The van der Waals surface area contributed by atoms with Crippen molar-refractivity contribution in [2.24, 2.45) is 5.73 Å². The van der Waals surface area contributed by atoms with Gasteiger partial charge in [0.2, 0.25) is 0 Å². The molecule has 0 aliphatic rings. The Labute approximate surface area is 116 Å². The molecule has 2 aromatic carbocycles. The van der Waals surface area contributed by atoms with Crippen molar-refractivity contribution in [1.29, 1.82) is 0 Å². The van der Waals surface area contributed by atoms with Crippen LogP contribution < -0.4 is 5.73 Å². The molecule has 0 heterocycles. The minimum atomic E-state index is -0.714. The molecule has 0 aliphatic heterocycles. The highest BCUT2D eigenvalue weighted by Gasteiger charge is 2.19. The number of halogens is 3. The Kier molecular flexibility index (Phi) is 3.88. The number of aryl methyl sites for hydroxylation is 2. The van der Waals surface area contributed by atoms with Crippen molar-refractivity contribution in [2.75, 3.05) is 0 Å². The van der Waals surface area contributed by atoms with Crippen LogP contribution in [0.2, 0.25) is 5.02 Å². The second-order valence-corrected chi connectivity index (χ2v) is 5.03. The lowest BCUT2D eigenvalue weighted by Crippen LogP contribution is -2.16. The first-order chi connectivity index (χ1) is 8.90. The zero-order chi connectivity index (χ0) is 14.2. The van der Waals surface area contributed by atoms with Crippen LogP contribution in [-0.2, 0) is 0 Å². The van der Waals surface area contributed by atoms with Gasteiger partial charge in [-0.3, -0.25) is 0 Å². The van der Waals surface area contributed by atoms with Crippen molar-refractivity contribution >= 4 is 11.6 Å². The molecule has 0 amide bonds. The first-order valence-electron chi connectivity index (χ1n) is 5.87. The molecule has 0 aliphatic carbocycles. The fourth-order valence-electron chi connectivity index (χ4n) is 2.23. The summed E-state index contributed by atoms with van der Waals surface area (Å²) < 4.78 is 27.1. The molecule has 0 saturated carbocycles. The van der Waals surface area contributed by atoms with Gasteiger partial charge in [0.1, 0.15) is 11.6 Å². The van der Waals surface area contributed by atoms with Crippen molar-refractivity contribution in [3.8, 4) is 0 Å². The zero-order valence-electron chi connectivity index (χ0n) is 10.7. The summed E-state index contributed by atoms with van der Waals surface area (Å²) in [7, 11) is 0. The number of nitrogens with two attached hydrogens (primary N) is 1. The Balaban J connectivity index is 2.53. The molecule has 100 valence electrons. The number of hydrogen-bond donors (Lipinski definition) is 1. The van der Waals surface area contributed by atoms with Gasteiger partial charge in [0.05, 0.1) is 6.04 Å². The third kappa shape index (κ3) is 2.77. The molecule has 0 bridgehead atoms. The van der Waals surface area contributed by atoms with Gasteiger partial charge in [-0.25, -0.2) is 8.78 Å². The summed E-state index contributed by atoms with van der Waals surface area (Å²) in [6, 6.07) is 6.51. The summed E-state index contributed by atoms with van der Waals surface area (Å²) >= 11 is 5.97. The van der Waals surface area contributed by atoms with Crippen LogP contribution in [0.25, 0.3) is 0 Å². The summed E-state index contributed by atoms with van der Waals surface area (Å²) in [5.41, 5.74) is 8.55. The van der Waals surface area contributed by atoms with Crippen molar-refractivity contribution in [2.45, 2.75) is 19.9 Å². The SMILES string of the molecule is Cc1cc(C)c(C(N)c2ccc(F)cc2Cl)c(F)c1.